The molecule has 0 aliphatic carbocycles. The summed E-state index contributed by atoms with van der Waals surface area (Å²) in [5, 5.41) is 11.2. The molecule has 2 aromatic carbocycles. The van der Waals surface area contributed by atoms with Crippen molar-refractivity contribution in [2.45, 2.75) is 13.0 Å². The summed E-state index contributed by atoms with van der Waals surface area (Å²) >= 11 is 0. The molecule has 8 nitrogen and oxygen atoms in total. The molecule has 8 heteroatoms. The second kappa shape index (κ2) is 11.4. The summed E-state index contributed by atoms with van der Waals surface area (Å²) in [5.74, 6) is -0.157. The van der Waals surface area contributed by atoms with Gasteiger partial charge in [0.2, 0.25) is 0 Å². The quantitative estimate of drug-likeness (QED) is 0.233. The minimum absolute atomic E-state index is 0.00734. The fraction of sp³-hybridized carbons (Fsp3) is 0.308. The highest BCUT2D eigenvalue weighted by Gasteiger charge is 2.46. The van der Waals surface area contributed by atoms with Crippen LogP contribution in [0.2, 0.25) is 0 Å². The van der Waals surface area contributed by atoms with E-state index in [1.54, 1.807) is 48.5 Å². The molecule has 180 valence electrons. The minimum Gasteiger partial charge on any atom is -0.507 e. The van der Waals surface area contributed by atoms with Gasteiger partial charge in [0, 0.05) is 19.2 Å². The van der Waals surface area contributed by atoms with Gasteiger partial charge in [-0.25, -0.2) is 0 Å². The summed E-state index contributed by atoms with van der Waals surface area (Å²) in [6.45, 7) is 6.67. The number of nitrogens with zero attached hydrogens (tertiary/aromatic N) is 1. The normalized spacial score (nSPS) is 17.0. The molecule has 2 aromatic rings. The number of amides is 1. The molecule has 0 radical (unpaired) electrons. The van der Waals surface area contributed by atoms with Crippen molar-refractivity contribution in [3.8, 4) is 17.2 Å². The van der Waals surface area contributed by atoms with Crippen molar-refractivity contribution < 1.29 is 33.6 Å². The van der Waals surface area contributed by atoms with E-state index in [1.807, 2.05) is 6.92 Å². The van der Waals surface area contributed by atoms with Crippen molar-refractivity contribution in [1.82, 2.24) is 4.90 Å². The van der Waals surface area contributed by atoms with Crippen LogP contribution in [-0.4, -0.2) is 62.3 Å². The Hall–Kier alpha value is -3.78. The Morgan fingerprint density at radius 3 is 2.44 bits per heavy atom. The molecule has 1 unspecified atom stereocenters. The van der Waals surface area contributed by atoms with E-state index in [-0.39, 0.29) is 24.5 Å². The second-order valence-electron chi connectivity index (χ2n) is 7.45. The molecule has 0 aromatic heterocycles. The van der Waals surface area contributed by atoms with Crippen LogP contribution in [0, 0.1) is 0 Å². The highest BCUT2D eigenvalue weighted by Crippen LogP contribution is 2.42. The lowest BCUT2D eigenvalue weighted by Crippen LogP contribution is -2.32. The summed E-state index contributed by atoms with van der Waals surface area (Å²) < 4.78 is 21.7. The molecule has 34 heavy (non-hydrogen) atoms. The standard InChI is InChI=1S/C26H29NO7/c1-5-14-34-19-10-7-17(8-11-19)24(28)22-23(27(13-15-31-3)26(30)25(22)29)18-9-12-20(33-6-2)21(16-18)32-4/h5,7-12,16,23,28H,1,6,13-15H2,2-4H3/b24-22-. The van der Waals surface area contributed by atoms with Crippen molar-refractivity contribution in [3.05, 3.63) is 71.8 Å². The summed E-state index contributed by atoms with van der Waals surface area (Å²) in [6.07, 6.45) is 1.63. The molecule has 1 amide bonds. The maximum absolute atomic E-state index is 13.1. The number of ketones is 1. The van der Waals surface area contributed by atoms with E-state index in [0.29, 0.717) is 41.6 Å². The van der Waals surface area contributed by atoms with Crippen LogP contribution in [0.3, 0.4) is 0 Å². The molecule has 1 aliphatic rings. The fourth-order valence-electron chi connectivity index (χ4n) is 3.80. The van der Waals surface area contributed by atoms with Gasteiger partial charge in [0.05, 0.1) is 31.9 Å². The van der Waals surface area contributed by atoms with Crippen molar-refractivity contribution in [2.24, 2.45) is 0 Å². The first kappa shape index (κ1) is 24.9. The zero-order chi connectivity index (χ0) is 24.7. The Morgan fingerprint density at radius 2 is 1.82 bits per heavy atom. The number of ether oxygens (including phenoxy) is 4. The number of rotatable bonds is 11. The Kier molecular flexibility index (Phi) is 8.32. The van der Waals surface area contributed by atoms with Gasteiger partial charge < -0.3 is 29.0 Å². The number of hydrogen-bond acceptors (Lipinski definition) is 7. The lowest BCUT2D eigenvalue weighted by Gasteiger charge is -2.25. The van der Waals surface area contributed by atoms with Crippen LogP contribution in [0.4, 0.5) is 0 Å². The van der Waals surface area contributed by atoms with Gasteiger partial charge in [-0.2, -0.15) is 0 Å². The Balaban J connectivity index is 2.10. The number of likely N-dealkylation sites (tertiary alicyclic amines) is 1. The number of Topliss-reactive ketones (excluding diaryl/α,β-unsaturated/α-hetero) is 1. The molecule has 0 spiro atoms. The van der Waals surface area contributed by atoms with Crippen molar-refractivity contribution in [2.75, 3.05) is 40.6 Å². The number of methoxy groups -OCH3 is 2. The first-order valence-electron chi connectivity index (χ1n) is 10.9. The highest BCUT2D eigenvalue weighted by atomic mass is 16.5. The number of hydrogen-bond donors (Lipinski definition) is 1. The minimum atomic E-state index is -0.823. The molecule has 1 saturated heterocycles. The molecule has 1 heterocycles. The molecule has 0 bridgehead atoms. The average molecular weight is 468 g/mol. The SMILES string of the molecule is C=CCOc1ccc(/C(O)=C2/C(=O)C(=O)N(CCOC)C2c2ccc(OCC)c(OC)c2)cc1. The third kappa shape index (κ3) is 5.07. The molecule has 1 aliphatic heterocycles. The topological polar surface area (TPSA) is 94.5 Å². The number of carbonyl (C=O) groups is 2. The molecule has 3 rings (SSSR count). The Labute approximate surface area is 199 Å². The van der Waals surface area contributed by atoms with Gasteiger partial charge in [0.25, 0.3) is 11.7 Å². The maximum Gasteiger partial charge on any atom is 0.295 e. The van der Waals surface area contributed by atoms with Gasteiger partial charge in [-0.1, -0.05) is 18.7 Å². The Morgan fingerprint density at radius 1 is 1.09 bits per heavy atom. The molecular weight excluding hydrogens is 438 g/mol. The number of aliphatic hydroxyl groups excluding tert-OH is 1. The van der Waals surface area contributed by atoms with E-state index < -0.39 is 17.7 Å². The molecule has 1 N–H and O–H groups in total. The van der Waals surface area contributed by atoms with Gasteiger partial charge >= 0.3 is 0 Å². The summed E-state index contributed by atoms with van der Waals surface area (Å²) in [6, 6.07) is 11.0. The Bertz CT molecular complexity index is 1080. The van der Waals surface area contributed by atoms with E-state index in [1.165, 1.54) is 19.1 Å². The van der Waals surface area contributed by atoms with Crippen molar-refractivity contribution >= 4 is 17.4 Å². The van der Waals surface area contributed by atoms with Crippen LogP contribution in [0.15, 0.2) is 60.7 Å². The molecular formula is C26H29NO7. The second-order valence-corrected chi connectivity index (χ2v) is 7.45. The van der Waals surface area contributed by atoms with Crippen molar-refractivity contribution in [3.63, 3.8) is 0 Å². The fourth-order valence-corrected chi connectivity index (χ4v) is 3.80. The zero-order valence-corrected chi connectivity index (χ0v) is 19.6. The van der Waals surface area contributed by atoms with Crippen LogP contribution < -0.4 is 14.2 Å². The smallest absolute Gasteiger partial charge is 0.295 e. The summed E-state index contributed by atoms with van der Waals surface area (Å²) in [7, 11) is 3.03. The number of carbonyl (C=O) groups excluding carboxylic acids is 2. The van der Waals surface area contributed by atoms with E-state index in [9.17, 15) is 14.7 Å². The largest absolute Gasteiger partial charge is 0.507 e. The van der Waals surface area contributed by atoms with Gasteiger partial charge in [-0.3, -0.25) is 9.59 Å². The average Bonchev–Trinajstić information content (AvgIpc) is 3.11. The van der Waals surface area contributed by atoms with Crippen LogP contribution in [0.5, 0.6) is 17.2 Å². The summed E-state index contributed by atoms with van der Waals surface area (Å²) in [4.78, 5) is 27.4. The monoisotopic (exact) mass is 467 g/mol. The number of benzene rings is 2. The van der Waals surface area contributed by atoms with E-state index >= 15 is 0 Å². The predicted octanol–water partition coefficient (Wildman–Crippen LogP) is 3.73. The molecule has 1 atom stereocenters. The van der Waals surface area contributed by atoms with Crippen molar-refractivity contribution in [1.29, 1.82) is 0 Å². The molecule has 1 fully saturated rings. The summed E-state index contributed by atoms with van der Waals surface area (Å²) in [5.41, 5.74) is 0.980. The highest BCUT2D eigenvalue weighted by molar-refractivity contribution is 6.46. The first-order chi connectivity index (χ1) is 16.5. The van der Waals surface area contributed by atoms with E-state index in [4.69, 9.17) is 18.9 Å². The van der Waals surface area contributed by atoms with Crippen LogP contribution in [-0.2, 0) is 14.3 Å². The third-order valence-electron chi connectivity index (χ3n) is 5.38. The van der Waals surface area contributed by atoms with Crippen LogP contribution >= 0.6 is 0 Å². The number of aliphatic hydroxyl groups is 1. The van der Waals surface area contributed by atoms with Gasteiger partial charge in [0.15, 0.2) is 11.5 Å². The van der Waals surface area contributed by atoms with Crippen LogP contribution in [0.1, 0.15) is 24.1 Å². The first-order valence-corrected chi connectivity index (χ1v) is 10.9. The lowest BCUT2D eigenvalue weighted by atomic mass is 9.95. The molecule has 0 saturated carbocycles. The van der Waals surface area contributed by atoms with E-state index in [0.717, 1.165) is 0 Å². The maximum atomic E-state index is 13.1. The lowest BCUT2D eigenvalue weighted by molar-refractivity contribution is -0.140. The third-order valence-corrected chi connectivity index (χ3v) is 5.38. The van der Waals surface area contributed by atoms with E-state index in [2.05, 4.69) is 6.58 Å². The van der Waals surface area contributed by atoms with Crippen LogP contribution in [0.25, 0.3) is 5.76 Å². The van der Waals surface area contributed by atoms with Gasteiger partial charge in [-0.05, 0) is 48.9 Å². The predicted molar refractivity (Wildman–Crippen MR) is 127 cm³/mol. The van der Waals surface area contributed by atoms with Gasteiger partial charge in [0.1, 0.15) is 18.1 Å². The zero-order valence-electron chi connectivity index (χ0n) is 19.6. The van der Waals surface area contributed by atoms with Gasteiger partial charge in [-0.15, -0.1) is 0 Å².